The van der Waals surface area contributed by atoms with Crippen molar-refractivity contribution >= 4 is 22.5 Å². The number of fused-ring (bicyclic) bond motifs is 1. The van der Waals surface area contributed by atoms with Crippen LogP contribution in [0, 0.1) is 0 Å². The van der Waals surface area contributed by atoms with Crippen molar-refractivity contribution in [1.82, 2.24) is 4.98 Å². The molecule has 0 radical (unpaired) electrons. The van der Waals surface area contributed by atoms with Gasteiger partial charge in [0.1, 0.15) is 5.52 Å². The number of nitrogens with zero attached hydrogens (tertiary/aromatic N) is 1. The van der Waals surface area contributed by atoms with Crippen LogP contribution < -0.4 is 11.5 Å². The van der Waals surface area contributed by atoms with Crippen LogP contribution in [0.5, 0.6) is 0 Å². The van der Waals surface area contributed by atoms with Crippen LogP contribution in [-0.4, -0.2) is 4.98 Å². The summed E-state index contributed by atoms with van der Waals surface area (Å²) >= 11 is 0. The van der Waals surface area contributed by atoms with Crippen LogP contribution in [0.4, 0.5) is 11.4 Å². The van der Waals surface area contributed by atoms with E-state index in [9.17, 15) is 0 Å². The lowest BCUT2D eigenvalue weighted by Crippen LogP contribution is -1.89. The van der Waals surface area contributed by atoms with Gasteiger partial charge >= 0.3 is 0 Å². The van der Waals surface area contributed by atoms with Gasteiger partial charge in [-0.15, -0.1) is 0 Å². The number of benzene rings is 1. The number of hydrogen-bond donors (Lipinski definition) is 2. The molecule has 4 nitrogen and oxygen atoms in total. The predicted molar refractivity (Wildman–Crippen MR) is 42.8 cm³/mol. The van der Waals surface area contributed by atoms with Gasteiger partial charge in [0, 0.05) is 5.69 Å². The Kier molecular flexibility index (Phi) is 1.03. The van der Waals surface area contributed by atoms with Gasteiger partial charge < -0.3 is 15.9 Å². The third-order valence-corrected chi connectivity index (χ3v) is 1.48. The van der Waals surface area contributed by atoms with Gasteiger partial charge in [-0.05, 0) is 12.1 Å². The van der Waals surface area contributed by atoms with Crippen LogP contribution in [0.3, 0.4) is 0 Å². The molecule has 2 rings (SSSR count). The molecule has 4 N–H and O–H groups in total. The third-order valence-electron chi connectivity index (χ3n) is 1.48. The van der Waals surface area contributed by atoms with Gasteiger partial charge in [-0.1, -0.05) is 0 Å². The average Bonchev–Trinajstić information content (AvgIpc) is 2.34. The molecule has 0 unspecified atom stereocenters. The normalized spacial score (nSPS) is 10.5. The highest BCUT2D eigenvalue weighted by Crippen LogP contribution is 2.22. The minimum atomic E-state index is 0.525. The second kappa shape index (κ2) is 1.88. The first-order chi connectivity index (χ1) is 5.27. The molecule has 11 heavy (non-hydrogen) atoms. The zero-order valence-electron chi connectivity index (χ0n) is 5.74. The first-order valence-electron chi connectivity index (χ1n) is 3.15. The predicted octanol–water partition coefficient (Wildman–Crippen LogP) is 0.992. The molecule has 4 heteroatoms. The van der Waals surface area contributed by atoms with E-state index in [1.807, 2.05) is 0 Å². The van der Waals surface area contributed by atoms with E-state index in [4.69, 9.17) is 15.9 Å². The van der Waals surface area contributed by atoms with Crippen molar-refractivity contribution in [2.75, 3.05) is 11.5 Å². The third kappa shape index (κ3) is 0.797. The second-order valence-corrected chi connectivity index (χ2v) is 2.31. The number of oxazole rings is 1. The number of aromatic nitrogens is 1. The Bertz CT molecular complexity index is 393. The number of nitrogen functional groups attached to an aromatic ring is 2. The van der Waals surface area contributed by atoms with Gasteiger partial charge in [-0.3, -0.25) is 0 Å². The van der Waals surface area contributed by atoms with Crippen molar-refractivity contribution < 1.29 is 4.42 Å². The van der Waals surface area contributed by atoms with Gasteiger partial charge in [0.25, 0.3) is 0 Å². The molecular formula is C7H7N3O. The molecule has 0 atom stereocenters. The van der Waals surface area contributed by atoms with E-state index in [-0.39, 0.29) is 0 Å². The summed E-state index contributed by atoms with van der Waals surface area (Å²) in [4.78, 5) is 3.91. The molecule has 0 saturated carbocycles. The standard InChI is InChI=1S/C7H7N3O/c8-4-1-5(9)7-6(2-4)10-3-11-7/h1-3H,8-9H2. The maximum atomic E-state index is 5.59. The highest BCUT2D eigenvalue weighted by molar-refractivity contribution is 5.87. The van der Waals surface area contributed by atoms with E-state index in [0.717, 1.165) is 0 Å². The molecule has 0 bridgehead atoms. The number of hydrogen-bond acceptors (Lipinski definition) is 4. The van der Waals surface area contributed by atoms with E-state index >= 15 is 0 Å². The Hall–Kier alpha value is -1.71. The van der Waals surface area contributed by atoms with Crippen molar-refractivity contribution in [3.8, 4) is 0 Å². The van der Waals surface area contributed by atoms with Crippen molar-refractivity contribution in [1.29, 1.82) is 0 Å². The van der Waals surface area contributed by atoms with E-state index in [2.05, 4.69) is 4.98 Å². The molecule has 1 aromatic heterocycles. The van der Waals surface area contributed by atoms with Crippen molar-refractivity contribution in [3.63, 3.8) is 0 Å². The van der Waals surface area contributed by atoms with Crippen LogP contribution in [0.1, 0.15) is 0 Å². The molecular weight excluding hydrogens is 142 g/mol. The van der Waals surface area contributed by atoms with Gasteiger partial charge in [-0.25, -0.2) is 4.98 Å². The minimum absolute atomic E-state index is 0.525. The van der Waals surface area contributed by atoms with E-state index in [1.54, 1.807) is 12.1 Å². The average molecular weight is 149 g/mol. The zero-order valence-corrected chi connectivity index (χ0v) is 5.74. The largest absolute Gasteiger partial charge is 0.441 e. The SMILES string of the molecule is Nc1cc(N)c2ocnc2c1. The van der Waals surface area contributed by atoms with Crippen molar-refractivity contribution in [2.24, 2.45) is 0 Å². The molecule has 0 saturated heterocycles. The lowest BCUT2D eigenvalue weighted by molar-refractivity contribution is 0.603. The van der Waals surface area contributed by atoms with Crippen LogP contribution in [0.2, 0.25) is 0 Å². The molecule has 0 aliphatic rings. The molecule has 0 aliphatic carbocycles. The fourth-order valence-electron chi connectivity index (χ4n) is 1.02. The Balaban J connectivity index is 2.91. The fourth-order valence-corrected chi connectivity index (χ4v) is 1.02. The second-order valence-electron chi connectivity index (χ2n) is 2.31. The zero-order chi connectivity index (χ0) is 7.84. The van der Waals surface area contributed by atoms with Gasteiger partial charge in [-0.2, -0.15) is 0 Å². The summed E-state index contributed by atoms with van der Waals surface area (Å²) in [6.07, 6.45) is 1.35. The molecule has 0 aliphatic heterocycles. The van der Waals surface area contributed by atoms with Gasteiger partial charge in [0.15, 0.2) is 12.0 Å². The quantitative estimate of drug-likeness (QED) is 0.547. The Labute approximate surface area is 62.8 Å². The molecule has 1 heterocycles. The lowest BCUT2D eigenvalue weighted by atomic mass is 10.2. The van der Waals surface area contributed by atoms with Crippen LogP contribution >= 0.6 is 0 Å². The van der Waals surface area contributed by atoms with Crippen molar-refractivity contribution in [3.05, 3.63) is 18.5 Å². The minimum Gasteiger partial charge on any atom is -0.441 e. The maximum absolute atomic E-state index is 5.59. The van der Waals surface area contributed by atoms with Crippen molar-refractivity contribution in [2.45, 2.75) is 0 Å². The summed E-state index contributed by atoms with van der Waals surface area (Å²) < 4.78 is 5.01. The Morgan fingerprint density at radius 1 is 1.27 bits per heavy atom. The van der Waals surface area contributed by atoms with Crippen LogP contribution in [-0.2, 0) is 0 Å². The van der Waals surface area contributed by atoms with Crippen LogP contribution in [0.15, 0.2) is 22.9 Å². The van der Waals surface area contributed by atoms with Gasteiger partial charge in [0.2, 0.25) is 0 Å². The summed E-state index contributed by atoms with van der Waals surface area (Å²) in [5.74, 6) is 0. The monoisotopic (exact) mass is 149 g/mol. The fraction of sp³-hybridized carbons (Fsp3) is 0. The molecule has 0 amide bonds. The number of rotatable bonds is 0. The molecule has 0 spiro atoms. The molecule has 0 fully saturated rings. The molecule has 56 valence electrons. The summed E-state index contributed by atoms with van der Waals surface area (Å²) in [5, 5.41) is 0. The highest BCUT2D eigenvalue weighted by Gasteiger charge is 2.02. The first kappa shape index (κ1) is 6.03. The topological polar surface area (TPSA) is 78.1 Å². The summed E-state index contributed by atoms with van der Waals surface area (Å²) in [7, 11) is 0. The summed E-state index contributed by atoms with van der Waals surface area (Å²) in [6.45, 7) is 0. The van der Waals surface area contributed by atoms with E-state index < -0.39 is 0 Å². The summed E-state index contributed by atoms with van der Waals surface area (Å²) in [6, 6.07) is 3.36. The Morgan fingerprint density at radius 3 is 2.91 bits per heavy atom. The molecule has 2 aromatic rings. The van der Waals surface area contributed by atoms with E-state index in [1.165, 1.54) is 6.39 Å². The first-order valence-corrected chi connectivity index (χ1v) is 3.15. The molecule has 1 aromatic carbocycles. The van der Waals surface area contributed by atoms with E-state index in [0.29, 0.717) is 22.5 Å². The lowest BCUT2D eigenvalue weighted by Gasteiger charge is -1.94. The number of nitrogens with two attached hydrogens (primary N) is 2. The van der Waals surface area contributed by atoms with Crippen LogP contribution in [0.25, 0.3) is 11.1 Å². The summed E-state index contributed by atoms with van der Waals surface area (Å²) in [5.41, 5.74) is 13.5. The Morgan fingerprint density at radius 2 is 2.09 bits per heavy atom. The number of anilines is 2. The highest BCUT2D eigenvalue weighted by atomic mass is 16.3. The maximum Gasteiger partial charge on any atom is 0.182 e. The smallest absolute Gasteiger partial charge is 0.182 e. The van der Waals surface area contributed by atoms with Gasteiger partial charge in [0.05, 0.1) is 5.69 Å².